The van der Waals surface area contributed by atoms with Crippen LogP contribution in [0.15, 0.2) is 10.5 Å². The van der Waals surface area contributed by atoms with Gasteiger partial charge in [0.05, 0.1) is 23.4 Å². The molecule has 0 saturated carbocycles. The molecule has 0 radical (unpaired) electrons. The Kier molecular flexibility index (Phi) is 3.39. The summed E-state index contributed by atoms with van der Waals surface area (Å²) in [5, 5.41) is 0.442. The van der Waals surface area contributed by atoms with Crippen molar-refractivity contribution in [3.63, 3.8) is 0 Å². The molecule has 14 heavy (non-hydrogen) atoms. The van der Waals surface area contributed by atoms with Crippen LogP contribution in [0.2, 0.25) is 5.02 Å². The van der Waals surface area contributed by atoms with Crippen molar-refractivity contribution in [1.29, 1.82) is 0 Å². The highest BCUT2D eigenvalue weighted by molar-refractivity contribution is 9.10. The molecule has 1 aromatic rings. The number of carbonyl (C=O) groups is 1. The molecule has 1 rings (SSSR count). The number of anilines is 1. The smallest absolute Gasteiger partial charge is 0.340 e. The number of hydrogen-bond donors (Lipinski definition) is 1. The van der Waals surface area contributed by atoms with Crippen LogP contribution in [0.1, 0.15) is 15.9 Å². The van der Waals surface area contributed by atoms with Crippen molar-refractivity contribution in [3.8, 4) is 0 Å². The number of carbonyl (C=O) groups excluding carboxylic acids is 1. The van der Waals surface area contributed by atoms with Crippen molar-refractivity contribution in [1.82, 2.24) is 0 Å². The molecule has 2 N–H and O–H groups in total. The van der Waals surface area contributed by atoms with E-state index in [1.54, 1.807) is 6.92 Å². The fourth-order valence-corrected chi connectivity index (χ4v) is 1.62. The number of nitrogen functional groups attached to an aromatic ring is 1. The summed E-state index contributed by atoms with van der Waals surface area (Å²) in [7, 11) is 1.30. The van der Waals surface area contributed by atoms with Crippen molar-refractivity contribution in [3.05, 3.63) is 26.7 Å². The molecule has 0 spiro atoms. The standard InChI is InChI=1S/C9H9BrClNO2/c1-4-7(10)6(11)3-5(8(4)12)9(13)14-2/h3H,12H2,1-2H3. The maximum Gasteiger partial charge on any atom is 0.340 e. The van der Waals surface area contributed by atoms with Gasteiger partial charge in [0.2, 0.25) is 0 Å². The first-order valence-electron chi connectivity index (χ1n) is 3.81. The summed E-state index contributed by atoms with van der Waals surface area (Å²) in [6, 6.07) is 1.49. The number of nitrogens with two attached hydrogens (primary N) is 1. The minimum atomic E-state index is -0.486. The second kappa shape index (κ2) is 4.19. The van der Waals surface area contributed by atoms with Gasteiger partial charge in [-0.25, -0.2) is 4.79 Å². The van der Waals surface area contributed by atoms with Crippen molar-refractivity contribution >= 4 is 39.2 Å². The molecule has 0 aromatic heterocycles. The minimum Gasteiger partial charge on any atom is -0.465 e. The van der Waals surface area contributed by atoms with E-state index in [4.69, 9.17) is 17.3 Å². The Hall–Kier alpha value is -0.740. The average molecular weight is 279 g/mol. The Morgan fingerprint density at radius 3 is 2.71 bits per heavy atom. The lowest BCUT2D eigenvalue weighted by molar-refractivity contribution is 0.0602. The highest BCUT2D eigenvalue weighted by Gasteiger charge is 2.15. The molecule has 0 amide bonds. The second-order valence-electron chi connectivity index (χ2n) is 2.75. The van der Waals surface area contributed by atoms with Gasteiger partial charge in [-0.1, -0.05) is 11.6 Å². The van der Waals surface area contributed by atoms with E-state index >= 15 is 0 Å². The summed E-state index contributed by atoms with van der Waals surface area (Å²) < 4.78 is 5.27. The van der Waals surface area contributed by atoms with Crippen LogP contribution in [-0.4, -0.2) is 13.1 Å². The fourth-order valence-electron chi connectivity index (χ4n) is 1.05. The number of ether oxygens (including phenoxy) is 1. The van der Waals surface area contributed by atoms with Crippen LogP contribution < -0.4 is 5.73 Å². The molecule has 76 valence electrons. The van der Waals surface area contributed by atoms with E-state index < -0.39 is 5.97 Å². The summed E-state index contributed by atoms with van der Waals surface area (Å²) in [5.74, 6) is -0.486. The number of benzene rings is 1. The zero-order chi connectivity index (χ0) is 10.9. The summed E-state index contributed by atoms with van der Waals surface area (Å²) in [6.45, 7) is 1.78. The molecule has 0 aliphatic heterocycles. The Balaban J connectivity index is 3.40. The van der Waals surface area contributed by atoms with Crippen molar-refractivity contribution < 1.29 is 9.53 Å². The zero-order valence-electron chi connectivity index (χ0n) is 7.73. The van der Waals surface area contributed by atoms with Gasteiger partial charge in [-0.2, -0.15) is 0 Å². The molecule has 0 heterocycles. The normalized spacial score (nSPS) is 10.0. The average Bonchev–Trinajstić information content (AvgIpc) is 2.19. The second-order valence-corrected chi connectivity index (χ2v) is 3.95. The van der Waals surface area contributed by atoms with E-state index in [1.165, 1.54) is 13.2 Å². The Bertz CT molecular complexity index is 393. The van der Waals surface area contributed by atoms with Crippen LogP contribution >= 0.6 is 27.5 Å². The molecule has 3 nitrogen and oxygen atoms in total. The Morgan fingerprint density at radius 1 is 1.64 bits per heavy atom. The van der Waals surface area contributed by atoms with Gasteiger partial charge in [0.1, 0.15) is 0 Å². The van der Waals surface area contributed by atoms with Crippen molar-refractivity contribution in [2.24, 2.45) is 0 Å². The van der Waals surface area contributed by atoms with Gasteiger partial charge in [-0.05, 0) is 34.5 Å². The van der Waals surface area contributed by atoms with Crippen LogP contribution in [0.4, 0.5) is 5.69 Å². The predicted molar refractivity (Wildman–Crippen MR) is 59.6 cm³/mol. The highest BCUT2D eigenvalue weighted by Crippen LogP contribution is 2.32. The van der Waals surface area contributed by atoms with Gasteiger partial charge in [0.25, 0.3) is 0 Å². The van der Waals surface area contributed by atoms with E-state index in [2.05, 4.69) is 20.7 Å². The van der Waals surface area contributed by atoms with Gasteiger partial charge < -0.3 is 10.5 Å². The number of hydrogen-bond acceptors (Lipinski definition) is 3. The number of rotatable bonds is 1. The molecule has 0 aliphatic carbocycles. The lowest BCUT2D eigenvalue weighted by Crippen LogP contribution is -2.07. The first kappa shape index (κ1) is 11.3. The Labute approximate surface area is 95.3 Å². The van der Waals surface area contributed by atoms with Gasteiger partial charge in [-0.3, -0.25) is 0 Å². The maximum atomic E-state index is 11.3. The molecule has 0 saturated heterocycles. The van der Waals surface area contributed by atoms with Crippen LogP contribution in [-0.2, 0) is 4.74 Å². The highest BCUT2D eigenvalue weighted by atomic mass is 79.9. The van der Waals surface area contributed by atoms with Crippen LogP contribution in [0.5, 0.6) is 0 Å². The summed E-state index contributed by atoms with van der Waals surface area (Å²) in [5.41, 5.74) is 7.15. The molecule has 1 aromatic carbocycles. The molecule has 0 bridgehead atoms. The maximum absolute atomic E-state index is 11.3. The SMILES string of the molecule is COC(=O)c1cc(Cl)c(Br)c(C)c1N. The third-order valence-corrected chi connectivity index (χ3v) is 3.46. The third kappa shape index (κ3) is 1.86. The van der Waals surface area contributed by atoms with E-state index in [-0.39, 0.29) is 0 Å². The number of esters is 1. The first-order chi connectivity index (χ1) is 6.49. The lowest BCUT2D eigenvalue weighted by atomic mass is 10.1. The van der Waals surface area contributed by atoms with Gasteiger partial charge >= 0.3 is 5.97 Å². The molecule has 5 heteroatoms. The van der Waals surface area contributed by atoms with Crippen molar-refractivity contribution in [2.75, 3.05) is 12.8 Å². The van der Waals surface area contributed by atoms with Gasteiger partial charge in [0.15, 0.2) is 0 Å². The summed E-state index contributed by atoms with van der Waals surface area (Å²) in [6.07, 6.45) is 0. The monoisotopic (exact) mass is 277 g/mol. The molecule has 0 aliphatic rings. The van der Waals surface area contributed by atoms with E-state index in [9.17, 15) is 4.79 Å². The van der Waals surface area contributed by atoms with Crippen molar-refractivity contribution in [2.45, 2.75) is 6.92 Å². The fraction of sp³-hybridized carbons (Fsp3) is 0.222. The topological polar surface area (TPSA) is 52.3 Å². The molecule has 0 atom stereocenters. The molecular formula is C9H9BrClNO2. The molecule has 0 fully saturated rings. The lowest BCUT2D eigenvalue weighted by Gasteiger charge is -2.09. The Morgan fingerprint density at radius 2 is 2.21 bits per heavy atom. The first-order valence-corrected chi connectivity index (χ1v) is 4.98. The zero-order valence-corrected chi connectivity index (χ0v) is 10.1. The summed E-state index contributed by atoms with van der Waals surface area (Å²) in [4.78, 5) is 11.3. The van der Waals surface area contributed by atoms with Crippen LogP contribution in [0.3, 0.4) is 0 Å². The summed E-state index contributed by atoms with van der Waals surface area (Å²) >= 11 is 9.15. The van der Waals surface area contributed by atoms with E-state index in [0.717, 1.165) is 5.56 Å². The number of methoxy groups -OCH3 is 1. The largest absolute Gasteiger partial charge is 0.465 e. The van der Waals surface area contributed by atoms with E-state index in [0.29, 0.717) is 20.7 Å². The number of halogens is 2. The quantitative estimate of drug-likeness (QED) is 0.635. The minimum absolute atomic E-state index is 0.290. The van der Waals surface area contributed by atoms with E-state index in [1.807, 2.05) is 0 Å². The predicted octanol–water partition coefficient (Wildman–Crippen LogP) is 2.78. The molecular weight excluding hydrogens is 269 g/mol. The van der Waals surface area contributed by atoms with Gasteiger partial charge in [0, 0.05) is 4.47 Å². The van der Waals surface area contributed by atoms with Crippen LogP contribution in [0, 0.1) is 6.92 Å². The third-order valence-electron chi connectivity index (χ3n) is 1.91. The molecule has 0 unspecified atom stereocenters. The van der Waals surface area contributed by atoms with Gasteiger partial charge in [-0.15, -0.1) is 0 Å². The van der Waals surface area contributed by atoms with Crippen LogP contribution in [0.25, 0.3) is 0 Å².